The van der Waals surface area contributed by atoms with E-state index in [4.69, 9.17) is 4.42 Å². The molecule has 2 amide bonds. The molecule has 4 rings (SSSR count). The van der Waals surface area contributed by atoms with Crippen molar-refractivity contribution >= 4 is 11.8 Å². The van der Waals surface area contributed by atoms with Crippen LogP contribution in [0.25, 0.3) is 22.9 Å². The minimum Gasteiger partial charge on any atom is -0.416 e. The lowest BCUT2D eigenvalue weighted by molar-refractivity contribution is -0.122. The summed E-state index contributed by atoms with van der Waals surface area (Å²) in [6.07, 6.45) is 0.924. The maximum atomic E-state index is 12.9. The standard InChI is InChI=1S/C25H29N5O3/c1-3-12-26-22(31)17-29-13-15-30(16-14-29)25(32)21-10-8-20(9-11-21)24-28-27-23(33-24)19-6-4-18(2)5-7-19/h4-11H,3,12-17H2,1-2H3,(H,26,31). The molecule has 0 bridgehead atoms. The number of hydrogen-bond acceptors (Lipinski definition) is 6. The Balaban J connectivity index is 1.34. The van der Waals surface area contributed by atoms with E-state index in [-0.39, 0.29) is 11.8 Å². The van der Waals surface area contributed by atoms with Crippen molar-refractivity contribution in [2.75, 3.05) is 39.3 Å². The summed E-state index contributed by atoms with van der Waals surface area (Å²) >= 11 is 0. The van der Waals surface area contributed by atoms with Crippen molar-refractivity contribution in [3.05, 3.63) is 59.7 Å². The van der Waals surface area contributed by atoms with Gasteiger partial charge in [-0.15, -0.1) is 10.2 Å². The van der Waals surface area contributed by atoms with Crippen molar-refractivity contribution in [1.29, 1.82) is 0 Å². The molecule has 0 atom stereocenters. The summed E-state index contributed by atoms with van der Waals surface area (Å²) in [7, 11) is 0. The summed E-state index contributed by atoms with van der Waals surface area (Å²) in [5, 5.41) is 11.2. The van der Waals surface area contributed by atoms with Crippen molar-refractivity contribution in [1.82, 2.24) is 25.3 Å². The molecule has 1 aliphatic rings. The SMILES string of the molecule is CCCNC(=O)CN1CCN(C(=O)c2ccc(-c3nnc(-c4ccc(C)cc4)o3)cc2)CC1. The van der Waals surface area contributed by atoms with Gasteiger partial charge in [0.2, 0.25) is 17.7 Å². The number of carbonyl (C=O) groups excluding carboxylic acids is 2. The third-order valence-corrected chi connectivity index (χ3v) is 5.70. The molecule has 8 nitrogen and oxygen atoms in total. The first-order valence-electron chi connectivity index (χ1n) is 11.3. The first-order valence-corrected chi connectivity index (χ1v) is 11.3. The fourth-order valence-electron chi connectivity index (χ4n) is 3.72. The Morgan fingerprint density at radius 2 is 1.48 bits per heavy atom. The Morgan fingerprint density at radius 3 is 2.06 bits per heavy atom. The Hall–Kier alpha value is -3.52. The number of nitrogens with one attached hydrogen (secondary N) is 1. The summed E-state index contributed by atoms with van der Waals surface area (Å²) in [6.45, 7) is 7.72. The van der Waals surface area contributed by atoms with Crippen molar-refractivity contribution in [2.45, 2.75) is 20.3 Å². The lowest BCUT2D eigenvalue weighted by atomic mass is 10.1. The summed E-state index contributed by atoms with van der Waals surface area (Å²) in [5.74, 6) is 0.909. The monoisotopic (exact) mass is 447 g/mol. The minimum absolute atomic E-state index is 0.0116. The van der Waals surface area contributed by atoms with Crippen LogP contribution in [0.2, 0.25) is 0 Å². The lowest BCUT2D eigenvalue weighted by Gasteiger charge is -2.34. The quantitative estimate of drug-likeness (QED) is 0.599. The number of nitrogens with zero attached hydrogens (tertiary/aromatic N) is 4. The fourth-order valence-corrected chi connectivity index (χ4v) is 3.72. The molecule has 3 aromatic rings. The third kappa shape index (κ3) is 5.64. The van der Waals surface area contributed by atoms with E-state index in [1.165, 1.54) is 0 Å². The average molecular weight is 448 g/mol. The molecule has 33 heavy (non-hydrogen) atoms. The highest BCUT2D eigenvalue weighted by Crippen LogP contribution is 2.24. The summed E-state index contributed by atoms with van der Waals surface area (Å²) in [4.78, 5) is 28.7. The van der Waals surface area contributed by atoms with Crippen molar-refractivity contribution in [3.63, 3.8) is 0 Å². The van der Waals surface area contributed by atoms with Gasteiger partial charge in [0.25, 0.3) is 5.91 Å². The second kappa shape index (κ2) is 10.4. The molecular formula is C25H29N5O3. The van der Waals surface area contributed by atoms with Crippen LogP contribution in [0.4, 0.5) is 0 Å². The van der Waals surface area contributed by atoms with Crippen LogP contribution < -0.4 is 5.32 Å². The lowest BCUT2D eigenvalue weighted by Crippen LogP contribution is -2.51. The maximum absolute atomic E-state index is 12.9. The molecule has 1 fully saturated rings. The second-order valence-corrected chi connectivity index (χ2v) is 8.27. The Kier molecular flexibility index (Phi) is 7.14. The normalized spacial score (nSPS) is 14.3. The smallest absolute Gasteiger partial charge is 0.253 e. The van der Waals surface area contributed by atoms with Gasteiger partial charge in [-0.2, -0.15) is 0 Å². The molecule has 1 N–H and O–H groups in total. The zero-order chi connectivity index (χ0) is 23.2. The van der Waals surface area contributed by atoms with Crippen molar-refractivity contribution in [2.24, 2.45) is 0 Å². The topological polar surface area (TPSA) is 91.6 Å². The van der Waals surface area contributed by atoms with E-state index in [0.29, 0.717) is 56.6 Å². The summed E-state index contributed by atoms with van der Waals surface area (Å²) < 4.78 is 5.82. The highest BCUT2D eigenvalue weighted by molar-refractivity contribution is 5.94. The molecule has 1 aliphatic heterocycles. The van der Waals surface area contributed by atoms with Gasteiger partial charge in [-0.3, -0.25) is 14.5 Å². The first-order chi connectivity index (χ1) is 16.0. The number of piperazine rings is 1. The van der Waals surface area contributed by atoms with E-state index in [9.17, 15) is 9.59 Å². The van der Waals surface area contributed by atoms with Gasteiger partial charge in [0.05, 0.1) is 6.54 Å². The van der Waals surface area contributed by atoms with Gasteiger partial charge in [-0.1, -0.05) is 24.6 Å². The number of aryl methyl sites for hydroxylation is 1. The average Bonchev–Trinajstić information content (AvgIpc) is 3.34. The van der Waals surface area contributed by atoms with Gasteiger partial charge in [-0.05, 0) is 49.7 Å². The number of rotatable bonds is 7. The second-order valence-electron chi connectivity index (χ2n) is 8.27. The van der Waals surface area contributed by atoms with Crippen LogP contribution in [-0.4, -0.2) is 71.1 Å². The number of aromatic nitrogens is 2. The number of amides is 2. The van der Waals surface area contributed by atoms with E-state index in [1.807, 2.05) is 55.1 Å². The zero-order valence-corrected chi connectivity index (χ0v) is 19.1. The molecule has 0 aliphatic carbocycles. The van der Waals surface area contributed by atoms with Crippen LogP contribution in [0.5, 0.6) is 0 Å². The van der Waals surface area contributed by atoms with Crippen LogP contribution in [0.3, 0.4) is 0 Å². The molecule has 172 valence electrons. The van der Waals surface area contributed by atoms with E-state index < -0.39 is 0 Å². The number of carbonyl (C=O) groups is 2. The van der Waals surface area contributed by atoms with Gasteiger partial charge < -0.3 is 14.6 Å². The van der Waals surface area contributed by atoms with Crippen molar-refractivity contribution < 1.29 is 14.0 Å². The molecule has 2 aromatic carbocycles. The molecule has 8 heteroatoms. The highest BCUT2D eigenvalue weighted by Gasteiger charge is 2.23. The summed E-state index contributed by atoms with van der Waals surface area (Å²) in [6, 6.07) is 15.1. The van der Waals surface area contributed by atoms with Gasteiger partial charge in [0.15, 0.2) is 0 Å². The van der Waals surface area contributed by atoms with Crippen LogP contribution >= 0.6 is 0 Å². The van der Waals surface area contributed by atoms with E-state index >= 15 is 0 Å². The predicted octanol–water partition coefficient (Wildman–Crippen LogP) is 3.00. The Morgan fingerprint density at radius 1 is 0.909 bits per heavy atom. The maximum Gasteiger partial charge on any atom is 0.253 e. The molecule has 0 radical (unpaired) electrons. The van der Waals surface area contributed by atoms with Gasteiger partial charge in [0.1, 0.15) is 0 Å². The van der Waals surface area contributed by atoms with Crippen molar-refractivity contribution in [3.8, 4) is 22.9 Å². The molecule has 0 unspecified atom stereocenters. The molecule has 0 saturated carbocycles. The number of benzene rings is 2. The molecular weight excluding hydrogens is 418 g/mol. The van der Waals surface area contributed by atoms with E-state index in [0.717, 1.165) is 23.1 Å². The predicted molar refractivity (Wildman–Crippen MR) is 126 cm³/mol. The van der Waals surface area contributed by atoms with Gasteiger partial charge in [-0.25, -0.2) is 0 Å². The van der Waals surface area contributed by atoms with Gasteiger partial charge in [0, 0.05) is 49.4 Å². The first kappa shape index (κ1) is 22.7. The largest absolute Gasteiger partial charge is 0.416 e. The third-order valence-electron chi connectivity index (χ3n) is 5.70. The molecule has 0 spiro atoms. The molecule has 1 saturated heterocycles. The van der Waals surface area contributed by atoms with Crippen LogP contribution in [0.15, 0.2) is 52.9 Å². The highest BCUT2D eigenvalue weighted by atomic mass is 16.4. The van der Waals surface area contributed by atoms with Crippen LogP contribution in [0, 0.1) is 6.92 Å². The number of hydrogen-bond donors (Lipinski definition) is 1. The Bertz CT molecular complexity index is 1080. The van der Waals surface area contributed by atoms with Crippen LogP contribution in [0.1, 0.15) is 29.3 Å². The summed E-state index contributed by atoms with van der Waals surface area (Å²) in [5.41, 5.74) is 3.41. The minimum atomic E-state index is -0.0116. The molecule has 1 aromatic heterocycles. The zero-order valence-electron chi connectivity index (χ0n) is 19.1. The van der Waals surface area contributed by atoms with Gasteiger partial charge >= 0.3 is 0 Å². The fraction of sp³-hybridized carbons (Fsp3) is 0.360. The van der Waals surface area contributed by atoms with E-state index in [2.05, 4.69) is 20.4 Å². The van der Waals surface area contributed by atoms with E-state index in [1.54, 1.807) is 12.1 Å². The Labute approximate surface area is 193 Å². The van der Waals surface area contributed by atoms with Crippen LogP contribution in [-0.2, 0) is 4.79 Å². The molecule has 2 heterocycles.